The van der Waals surface area contributed by atoms with E-state index in [1.165, 1.54) is 0 Å². The Labute approximate surface area is 129 Å². The van der Waals surface area contributed by atoms with Crippen molar-refractivity contribution in [2.45, 2.75) is 12.5 Å². The smallest absolute Gasteiger partial charge is 0.120 e. The summed E-state index contributed by atoms with van der Waals surface area (Å²) in [6, 6.07) is 13.0. The number of nitrogens with one attached hydrogen (secondary N) is 1. The molecule has 0 saturated heterocycles. The molecule has 112 valence electrons. The van der Waals surface area contributed by atoms with E-state index in [0.29, 0.717) is 17.3 Å². The maximum absolute atomic E-state index is 9.84. The summed E-state index contributed by atoms with van der Waals surface area (Å²) < 4.78 is 5.48. The van der Waals surface area contributed by atoms with Gasteiger partial charge in [0, 0.05) is 36.4 Å². The molecule has 0 spiro atoms. The van der Waals surface area contributed by atoms with Crippen LogP contribution < -0.4 is 10.1 Å². The molecule has 4 nitrogen and oxygen atoms in total. The third-order valence-corrected chi connectivity index (χ3v) is 3.14. The third-order valence-electron chi connectivity index (χ3n) is 2.90. The first kappa shape index (κ1) is 15.8. The normalized spacial score (nSPS) is 12.1. The fourth-order valence-electron chi connectivity index (χ4n) is 1.84. The molecule has 0 radical (unpaired) electrons. The van der Waals surface area contributed by atoms with Crippen molar-refractivity contribution in [1.29, 1.82) is 0 Å². The maximum Gasteiger partial charge on any atom is 0.120 e. The Bertz CT molecular complexity index is 537. The Kier molecular flexibility index (Phi) is 6.47. The van der Waals surface area contributed by atoms with Crippen molar-refractivity contribution in [2.75, 3.05) is 19.7 Å². The number of nitrogens with zero attached hydrogens (tertiary/aromatic N) is 1. The van der Waals surface area contributed by atoms with Gasteiger partial charge in [0.05, 0.1) is 0 Å². The second-order valence-electron chi connectivity index (χ2n) is 4.70. The van der Waals surface area contributed by atoms with E-state index < -0.39 is 6.10 Å². The Morgan fingerprint density at radius 2 is 2.14 bits per heavy atom. The van der Waals surface area contributed by atoms with E-state index in [1.807, 2.05) is 30.3 Å². The zero-order valence-corrected chi connectivity index (χ0v) is 12.5. The van der Waals surface area contributed by atoms with Crippen molar-refractivity contribution >= 4 is 11.6 Å². The van der Waals surface area contributed by atoms with E-state index in [1.54, 1.807) is 18.3 Å². The number of aliphatic hydroxyl groups is 1. The molecule has 1 aromatic carbocycles. The molecule has 0 fully saturated rings. The fraction of sp³-hybridized carbons (Fsp3) is 0.312. The van der Waals surface area contributed by atoms with Crippen molar-refractivity contribution in [3.05, 3.63) is 59.4 Å². The molecule has 0 aliphatic rings. The molecule has 2 aromatic rings. The van der Waals surface area contributed by atoms with E-state index in [9.17, 15) is 5.11 Å². The molecule has 1 unspecified atom stereocenters. The van der Waals surface area contributed by atoms with Gasteiger partial charge in [-0.2, -0.15) is 0 Å². The van der Waals surface area contributed by atoms with Gasteiger partial charge in [-0.15, -0.1) is 0 Å². The van der Waals surface area contributed by atoms with Gasteiger partial charge >= 0.3 is 0 Å². The van der Waals surface area contributed by atoms with E-state index in [-0.39, 0.29) is 6.61 Å². The summed E-state index contributed by atoms with van der Waals surface area (Å²) in [5.74, 6) is 0.662. The SMILES string of the molecule is OC(CNCCc1ccccn1)COc1cccc(Cl)c1. The molecule has 5 heteroatoms. The largest absolute Gasteiger partial charge is 0.491 e. The first-order chi connectivity index (χ1) is 10.2. The molecular formula is C16H19ClN2O2. The number of aliphatic hydroxyl groups excluding tert-OH is 1. The van der Waals surface area contributed by atoms with Gasteiger partial charge in [0.1, 0.15) is 18.5 Å². The number of ether oxygens (including phenoxy) is 1. The fourth-order valence-corrected chi connectivity index (χ4v) is 2.02. The highest BCUT2D eigenvalue weighted by Crippen LogP contribution is 2.17. The quantitative estimate of drug-likeness (QED) is 0.735. The second-order valence-corrected chi connectivity index (χ2v) is 5.13. The van der Waals surface area contributed by atoms with Gasteiger partial charge in [-0.05, 0) is 30.3 Å². The summed E-state index contributed by atoms with van der Waals surface area (Å²) in [6.07, 6.45) is 2.05. The van der Waals surface area contributed by atoms with Crippen LogP contribution in [0.15, 0.2) is 48.7 Å². The van der Waals surface area contributed by atoms with Gasteiger partial charge in [0.15, 0.2) is 0 Å². The molecule has 2 N–H and O–H groups in total. The number of hydrogen-bond donors (Lipinski definition) is 2. The lowest BCUT2D eigenvalue weighted by Crippen LogP contribution is -2.32. The van der Waals surface area contributed by atoms with Crippen molar-refractivity contribution in [1.82, 2.24) is 10.3 Å². The number of benzene rings is 1. The van der Waals surface area contributed by atoms with Gasteiger partial charge in [0.2, 0.25) is 0 Å². The first-order valence-corrected chi connectivity index (χ1v) is 7.29. The summed E-state index contributed by atoms with van der Waals surface area (Å²) in [6.45, 7) is 1.48. The van der Waals surface area contributed by atoms with Crippen LogP contribution in [-0.4, -0.2) is 35.9 Å². The summed E-state index contributed by atoms with van der Waals surface area (Å²) in [7, 11) is 0. The van der Waals surface area contributed by atoms with Crippen LogP contribution in [0.1, 0.15) is 5.69 Å². The third kappa shape index (κ3) is 6.12. The molecule has 0 amide bonds. The van der Waals surface area contributed by atoms with E-state index in [4.69, 9.17) is 16.3 Å². The van der Waals surface area contributed by atoms with Crippen LogP contribution in [0.25, 0.3) is 0 Å². The number of rotatable bonds is 8. The number of halogens is 1. The van der Waals surface area contributed by atoms with Crippen molar-refractivity contribution in [3.8, 4) is 5.75 Å². The highest BCUT2D eigenvalue weighted by molar-refractivity contribution is 6.30. The van der Waals surface area contributed by atoms with Crippen LogP contribution in [0.3, 0.4) is 0 Å². The second kappa shape index (κ2) is 8.62. The molecular weight excluding hydrogens is 288 g/mol. The molecule has 0 aliphatic carbocycles. The molecule has 0 saturated carbocycles. The van der Waals surface area contributed by atoms with E-state index >= 15 is 0 Å². The van der Waals surface area contributed by atoms with Crippen LogP contribution in [0.5, 0.6) is 5.75 Å². The van der Waals surface area contributed by atoms with Crippen LogP contribution >= 0.6 is 11.6 Å². The Balaban J connectivity index is 1.60. The van der Waals surface area contributed by atoms with Crippen molar-refractivity contribution in [3.63, 3.8) is 0 Å². The predicted octanol–water partition coefficient (Wildman–Crippen LogP) is 2.31. The Hall–Kier alpha value is -1.62. The Morgan fingerprint density at radius 3 is 2.90 bits per heavy atom. The maximum atomic E-state index is 9.84. The average Bonchev–Trinajstić information content (AvgIpc) is 2.51. The van der Waals surface area contributed by atoms with Crippen molar-refractivity contribution in [2.24, 2.45) is 0 Å². The van der Waals surface area contributed by atoms with Crippen LogP contribution in [0, 0.1) is 0 Å². The lowest BCUT2D eigenvalue weighted by Gasteiger charge is -2.13. The summed E-state index contributed by atoms with van der Waals surface area (Å²) in [4.78, 5) is 4.24. The molecule has 1 heterocycles. The lowest BCUT2D eigenvalue weighted by molar-refractivity contribution is 0.106. The molecule has 1 atom stereocenters. The predicted molar refractivity (Wildman–Crippen MR) is 83.8 cm³/mol. The zero-order chi connectivity index (χ0) is 14.9. The van der Waals surface area contributed by atoms with Crippen LogP contribution in [0.2, 0.25) is 5.02 Å². The zero-order valence-electron chi connectivity index (χ0n) is 11.7. The molecule has 0 aliphatic heterocycles. The Morgan fingerprint density at radius 1 is 1.24 bits per heavy atom. The van der Waals surface area contributed by atoms with Gasteiger partial charge in [-0.1, -0.05) is 23.7 Å². The van der Waals surface area contributed by atoms with Gasteiger partial charge in [0.25, 0.3) is 0 Å². The average molecular weight is 307 g/mol. The van der Waals surface area contributed by atoms with Crippen molar-refractivity contribution < 1.29 is 9.84 Å². The minimum atomic E-state index is -0.562. The minimum absolute atomic E-state index is 0.233. The van der Waals surface area contributed by atoms with E-state index in [0.717, 1.165) is 18.7 Å². The topological polar surface area (TPSA) is 54.4 Å². The number of hydrogen-bond acceptors (Lipinski definition) is 4. The van der Waals surface area contributed by atoms with Gasteiger partial charge < -0.3 is 15.2 Å². The first-order valence-electron chi connectivity index (χ1n) is 6.91. The molecule has 21 heavy (non-hydrogen) atoms. The van der Waals surface area contributed by atoms with Gasteiger partial charge in [-0.25, -0.2) is 0 Å². The molecule has 1 aromatic heterocycles. The minimum Gasteiger partial charge on any atom is -0.491 e. The highest BCUT2D eigenvalue weighted by Gasteiger charge is 2.05. The number of aromatic nitrogens is 1. The number of pyridine rings is 1. The standard InChI is InChI=1S/C16H19ClN2O2/c17-13-4-3-6-16(10-13)21-12-15(20)11-18-9-7-14-5-1-2-8-19-14/h1-6,8,10,15,18,20H,7,9,11-12H2. The molecule has 2 rings (SSSR count). The summed E-state index contributed by atoms with van der Waals surface area (Å²) in [5, 5.41) is 13.6. The lowest BCUT2D eigenvalue weighted by atomic mass is 10.2. The van der Waals surface area contributed by atoms with E-state index in [2.05, 4.69) is 10.3 Å². The van der Waals surface area contributed by atoms with Crippen LogP contribution in [0.4, 0.5) is 0 Å². The van der Waals surface area contributed by atoms with Gasteiger partial charge in [-0.3, -0.25) is 4.98 Å². The van der Waals surface area contributed by atoms with Crippen LogP contribution in [-0.2, 0) is 6.42 Å². The summed E-state index contributed by atoms with van der Waals surface area (Å²) >= 11 is 5.86. The monoisotopic (exact) mass is 306 g/mol. The molecule has 0 bridgehead atoms. The summed E-state index contributed by atoms with van der Waals surface area (Å²) in [5.41, 5.74) is 1.04. The highest BCUT2D eigenvalue weighted by atomic mass is 35.5.